The van der Waals surface area contributed by atoms with Crippen LogP contribution in [0.4, 0.5) is 10.7 Å². The fourth-order valence-corrected chi connectivity index (χ4v) is 7.82. The molecular weight excluding hydrogens is 682 g/mol. The van der Waals surface area contributed by atoms with Crippen LogP contribution in [0.3, 0.4) is 0 Å². The number of rotatable bonds is 17. The van der Waals surface area contributed by atoms with Crippen molar-refractivity contribution in [2.45, 2.75) is 62.5 Å². The number of hydrogen-bond donors (Lipinski definition) is 3. The van der Waals surface area contributed by atoms with E-state index in [1.54, 1.807) is 24.5 Å². The molecule has 2 fully saturated rings. The Kier molecular flexibility index (Phi) is 12.1. The van der Waals surface area contributed by atoms with Crippen molar-refractivity contribution in [3.63, 3.8) is 0 Å². The van der Waals surface area contributed by atoms with Gasteiger partial charge in [-0.05, 0) is 61.1 Å². The number of ether oxygens (including phenoxy) is 6. The predicted octanol–water partition coefficient (Wildman–Crippen LogP) is 3.19. The average molecular weight is 728 g/mol. The second kappa shape index (κ2) is 16.9. The van der Waals surface area contributed by atoms with Gasteiger partial charge in [-0.25, -0.2) is 23.2 Å². The van der Waals surface area contributed by atoms with Gasteiger partial charge in [-0.3, -0.25) is 0 Å². The minimum Gasteiger partial charge on any atom is -0.494 e. The number of aliphatic hydroxyl groups is 1. The van der Waals surface area contributed by atoms with E-state index in [1.807, 2.05) is 38.1 Å². The number of aromatic nitrogens is 2. The van der Waals surface area contributed by atoms with Crippen LogP contribution in [0.1, 0.15) is 32.3 Å². The molecule has 3 N–H and O–H groups in total. The number of nitrogens with one attached hydrogen (secondary N) is 2. The summed E-state index contributed by atoms with van der Waals surface area (Å²) in [6.07, 6.45) is 2.03. The molecule has 16 heteroatoms. The number of nitrogens with zero attached hydrogens (tertiary/aromatic N) is 3. The maximum Gasteiger partial charge on any atom is 0.407 e. The molecule has 51 heavy (non-hydrogen) atoms. The standard InChI is InChI=1S/C35H45N5O10S/c1-23(2)19-40(51(43,44)26-9-10-30-31(18-26)49-22-48-30)20-29(41)28(39-35(42)50-32-21-47-33-27(32)11-16-46-33)17-24-5-7-25(8-6-24)45-15-4-14-38-34-36-12-3-13-37-34/h3,5-10,12-13,18,23,27-29,32-33,41H,4,11,14-17,19-22H2,1-2H3,(H,39,42)(H,36,37,38)/t27-,28-,29+,32+,33+/m0/s1. The van der Waals surface area contributed by atoms with Crippen LogP contribution in [0.15, 0.2) is 65.8 Å². The Labute approximate surface area is 297 Å². The molecule has 5 atom stereocenters. The summed E-state index contributed by atoms with van der Waals surface area (Å²) >= 11 is 0. The van der Waals surface area contributed by atoms with Crippen molar-refractivity contribution in [1.29, 1.82) is 0 Å². The van der Waals surface area contributed by atoms with Crippen LogP contribution in [0.2, 0.25) is 0 Å². The van der Waals surface area contributed by atoms with E-state index in [2.05, 4.69) is 20.6 Å². The Hall–Kier alpha value is -4.22. The Morgan fingerprint density at radius 1 is 1.06 bits per heavy atom. The van der Waals surface area contributed by atoms with E-state index < -0.39 is 40.7 Å². The van der Waals surface area contributed by atoms with Crippen molar-refractivity contribution >= 4 is 22.1 Å². The van der Waals surface area contributed by atoms with Gasteiger partial charge in [-0.1, -0.05) is 26.0 Å². The number of fused-ring (bicyclic) bond motifs is 2. The van der Waals surface area contributed by atoms with Crippen LogP contribution in [-0.2, 0) is 30.7 Å². The van der Waals surface area contributed by atoms with Crippen molar-refractivity contribution < 1.29 is 46.7 Å². The van der Waals surface area contributed by atoms with Crippen LogP contribution in [0, 0.1) is 11.8 Å². The normalized spacial score (nSPS) is 20.6. The minimum atomic E-state index is -4.08. The van der Waals surface area contributed by atoms with Crippen molar-refractivity contribution in [2.75, 3.05) is 51.6 Å². The second-order valence-electron chi connectivity index (χ2n) is 13.1. The third-order valence-electron chi connectivity index (χ3n) is 8.77. The van der Waals surface area contributed by atoms with Crippen LogP contribution < -0.4 is 24.8 Å². The molecule has 15 nitrogen and oxygen atoms in total. The summed E-state index contributed by atoms with van der Waals surface area (Å²) in [7, 11) is -4.08. The lowest BCUT2D eigenvalue weighted by Crippen LogP contribution is -2.51. The molecule has 3 aliphatic heterocycles. The zero-order valence-electron chi connectivity index (χ0n) is 28.7. The Balaban J connectivity index is 1.12. The third kappa shape index (κ3) is 9.56. The highest BCUT2D eigenvalue weighted by Gasteiger charge is 2.44. The van der Waals surface area contributed by atoms with E-state index in [0.29, 0.717) is 49.4 Å². The molecule has 6 rings (SSSR count). The quantitative estimate of drug-likeness (QED) is 0.173. The van der Waals surface area contributed by atoms with Gasteiger partial charge in [0.1, 0.15) is 11.9 Å². The summed E-state index contributed by atoms with van der Waals surface area (Å²) < 4.78 is 62.7. The van der Waals surface area contributed by atoms with Gasteiger partial charge in [-0.15, -0.1) is 0 Å². The molecule has 1 amide bonds. The molecule has 0 spiro atoms. The third-order valence-corrected chi connectivity index (χ3v) is 10.6. The molecule has 276 valence electrons. The van der Waals surface area contributed by atoms with Crippen molar-refractivity contribution in [3.8, 4) is 17.2 Å². The number of carbonyl (C=O) groups excluding carboxylic acids is 1. The monoisotopic (exact) mass is 727 g/mol. The van der Waals surface area contributed by atoms with E-state index in [-0.39, 0.29) is 49.6 Å². The molecule has 0 unspecified atom stereocenters. The lowest BCUT2D eigenvalue weighted by Gasteiger charge is -2.31. The number of sulfonamides is 1. The number of alkyl carbamates (subject to hydrolysis) is 1. The number of benzene rings is 2. The first-order valence-electron chi connectivity index (χ1n) is 17.2. The highest BCUT2D eigenvalue weighted by atomic mass is 32.2. The summed E-state index contributed by atoms with van der Waals surface area (Å²) in [4.78, 5) is 21.5. The maximum atomic E-state index is 13.9. The second-order valence-corrected chi connectivity index (χ2v) is 15.0. The molecular formula is C35H45N5O10S. The van der Waals surface area contributed by atoms with Gasteiger partial charge in [0.25, 0.3) is 0 Å². The van der Waals surface area contributed by atoms with E-state index in [1.165, 1.54) is 16.4 Å². The van der Waals surface area contributed by atoms with Crippen LogP contribution in [0.25, 0.3) is 0 Å². The summed E-state index contributed by atoms with van der Waals surface area (Å²) in [6.45, 7) is 5.49. The molecule has 3 aliphatic rings. The molecule has 0 saturated carbocycles. The number of amides is 1. The fraction of sp³-hybridized carbons (Fsp3) is 0.514. The van der Waals surface area contributed by atoms with Gasteiger partial charge >= 0.3 is 6.09 Å². The lowest BCUT2D eigenvalue weighted by molar-refractivity contribution is -0.0907. The Morgan fingerprint density at radius 3 is 2.63 bits per heavy atom. The van der Waals surface area contributed by atoms with Gasteiger partial charge in [0.05, 0.1) is 42.8 Å². The van der Waals surface area contributed by atoms with E-state index in [4.69, 9.17) is 28.4 Å². The lowest BCUT2D eigenvalue weighted by atomic mass is 10.0. The highest BCUT2D eigenvalue weighted by Crippen LogP contribution is 2.35. The molecule has 0 aliphatic carbocycles. The van der Waals surface area contributed by atoms with E-state index in [9.17, 15) is 18.3 Å². The summed E-state index contributed by atoms with van der Waals surface area (Å²) in [6, 6.07) is 12.6. The summed E-state index contributed by atoms with van der Waals surface area (Å²) in [5.74, 6) is 1.88. The van der Waals surface area contributed by atoms with Gasteiger partial charge in [0.15, 0.2) is 17.8 Å². The molecule has 4 heterocycles. The number of carbonyl (C=O) groups is 1. The van der Waals surface area contributed by atoms with Crippen molar-refractivity contribution in [2.24, 2.45) is 11.8 Å². The van der Waals surface area contributed by atoms with E-state index in [0.717, 1.165) is 12.0 Å². The van der Waals surface area contributed by atoms with Gasteiger partial charge in [0, 0.05) is 38.1 Å². The van der Waals surface area contributed by atoms with Gasteiger partial charge < -0.3 is 44.2 Å². The number of hydrogen-bond acceptors (Lipinski definition) is 13. The maximum absolute atomic E-state index is 13.9. The average Bonchev–Trinajstić information content (AvgIpc) is 3.87. The largest absolute Gasteiger partial charge is 0.494 e. The molecule has 1 aromatic heterocycles. The van der Waals surface area contributed by atoms with Crippen LogP contribution in [0.5, 0.6) is 17.2 Å². The minimum absolute atomic E-state index is 0.00723. The summed E-state index contributed by atoms with van der Waals surface area (Å²) in [5.41, 5.74) is 0.789. The number of aliphatic hydroxyl groups excluding tert-OH is 1. The first-order chi connectivity index (χ1) is 24.7. The Bertz CT molecular complexity index is 1700. The smallest absolute Gasteiger partial charge is 0.407 e. The van der Waals surface area contributed by atoms with Crippen LogP contribution in [-0.4, -0.2) is 105 Å². The first kappa shape index (κ1) is 36.6. The molecule has 0 bridgehead atoms. The van der Waals surface area contributed by atoms with Gasteiger partial charge in [0.2, 0.25) is 22.8 Å². The SMILES string of the molecule is CC(C)CN(C[C@@H](O)[C@H](Cc1ccc(OCCCNc2ncccn2)cc1)NC(=O)O[C@@H]1CO[C@H]2OCC[C@H]21)S(=O)(=O)c1ccc2c(c1)OCO2. The molecule has 2 saturated heterocycles. The fourth-order valence-electron chi connectivity index (χ4n) is 6.18. The highest BCUT2D eigenvalue weighted by molar-refractivity contribution is 7.89. The van der Waals surface area contributed by atoms with Crippen molar-refractivity contribution in [1.82, 2.24) is 19.6 Å². The van der Waals surface area contributed by atoms with Gasteiger partial charge in [-0.2, -0.15) is 4.31 Å². The molecule has 3 aromatic rings. The summed E-state index contributed by atoms with van der Waals surface area (Å²) in [5, 5.41) is 17.6. The Morgan fingerprint density at radius 2 is 1.84 bits per heavy atom. The predicted molar refractivity (Wildman–Crippen MR) is 184 cm³/mol. The van der Waals surface area contributed by atoms with E-state index >= 15 is 0 Å². The molecule has 2 aromatic carbocycles. The first-order valence-corrected chi connectivity index (χ1v) is 18.6. The topological polar surface area (TPSA) is 180 Å². The zero-order chi connectivity index (χ0) is 35.8. The molecule has 0 radical (unpaired) electrons. The van der Waals surface area contributed by atoms with Crippen molar-refractivity contribution in [3.05, 3.63) is 66.5 Å². The number of anilines is 1. The zero-order valence-corrected chi connectivity index (χ0v) is 29.5. The van der Waals surface area contributed by atoms with Crippen LogP contribution >= 0.6 is 0 Å².